The summed E-state index contributed by atoms with van der Waals surface area (Å²) in [7, 11) is 1.58. The van der Waals surface area contributed by atoms with Crippen LogP contribution in [0.5, 0.6) is 11.5 Å². The Kier molecular flexibility index (Phi) is 7.40. The smallest absolute Gasteiger partial charge is 0.255 e. The molecular weight excluding hydrogens is 378 g/mol. The molecule has 3 rings (SSSR count). The van der Waals surface area contributed by atoms with E-state index in [9.17, 15) is 4.79 Å². The number of nitrogen functional groups attached to an aromatic ring is 1. The van der Waals surface area contributed by atoms with E-state index in [4.69, 9.17) is 15.2 Å². The maximum absolute atomic E-state index is 12.4. The number of aryl methyl sites for hydroxylation is 1. The second kappa shape index (κ2) is 10.4. The lowest BCUT2D eigenvalue weighted by atomic mass is 10.1. The molecule has 0 fully saturated rings. The van der Waals surface area contributed by atoms with Gasteiger partial charge in [-0.1, -0.05) is 43.7 Å². The highest BCUT2D eigenvalue weighted by atomic mass is 16.5. The quantitative estimate of drug-likeness (QED) is 0.548. The van der Waals surface area contributed by atoms with Gasteiger partial charge in [-0.2, -0.15) is 0 Å². The summed E-state index contributed by atoms with van der Waals surface area (Å²) >= 11 is 0. The lowest BCUT2D eigenvalue weighted by Gasteiger charge is -2.12. The fourth-order valence-electron chi connectivity index (χ4n) is 3.10. The third-order valence-corrected chi connectivity index (χ3v) is 4.62. The number of hydrogen-bond acceptors (Lipinski definition) is 5. The van der Waals surface area contributed by atoms with Crippen molar-refractivity contribution < 1.29 is 14.3 Å². The molecule has 0 bridgehead atoms. The Morgan fingerprint density at radius 3 is 2.53 bits per heavy atom. The van der Waals surface area contributed by atoms with Crippen LogP contribution in [0.1, 0.15) is 40.5 Å². The number of nitrogens with one attached hydrogen (secondary N) is 1. The molecule has 30 heavy (non-hydrogen) atoms. The first-order valence-electron chi connectivity index (χ1n) is 9.98. The SMILES string of the molecule is CCCc1ccccc1Oc1ccc(CNC(=O)c2ccc(COC)nc2N)cc1. The highest BCUT2D eigenvalue weighted by molar-refractivity contribution is 5.98. The van der Waals surface area contributed by atoms with Gasteiger partial charge in [0.1, 0.15) is 17.3 Å². The van der Waals surface area contributed by atoms with Crippen LogP contribution in [-0.2, 0) is 24.3 Å². The largest absolute Gasteiger partial charge is 0.457 e. The van der Waals surface area contributed by atoms with Gasteiger partial charge in [-0.05, 0) is 47.9 Å². The first-order valence-corrected chi connectivity index (χ1v) is 9.98. The number of nitrogens with zero attached hydrogens (tertiary/aromatic N) is 1. The van der Waals surface area contributed by atoms with Gasteiger partial charge in [-0.3, -0.25) is 4.79 Å². The molecule has 0 aliphatic rings. The van der Waals surface area contributed by atoms with Crippen LogP contribution in [0.3, 0.4) is 0 Å². The van der Waals surface area contributed by atoms with Gasteiger partial charge in [0.25, 0.3) is 5.91 Å². The summed E-state index contributed by atoms with van der Waals surface area (Å²) in [6.45, 7) is 2.88. The summed E-state index contributed by atoms with van der Waals surface area (Å²) < 4.78 is 11.1. The molecule has 3 aromatic rings. The third kappa shape index (κ3) is 5.58. The average molecular weight is 405 g/mol. The van der Waals surface area contributed by atoms with E-state index in [2.05, 4.69) is 23.3 Å². The number of rotatable bonds is 9. The van der Waals surface area contributed by atoms with Crippen molar-refractivity contribution in [3.8, 4) is 11.5 Å². The van der Waals surface area contributed by atoms with Gasteiger partial charge in [0, 0.05) is 13.7 Å². The maximum Gasteiger partial charge on any atom is 0.255 e. The highest BCUT2D eigenvalue weighted by Crippen LogP contribution is 2.26. The van der Waals surface area contributed by atoms with Crippen molar-refractivity contribution in [2.24, 2.45) is 0 Å². The zero-order valence-electron chi connectivity index (χ0n) is 17.4. The Morgan fingerprint density at radius 2 is 1.83 bits per heavy atom. The van der Waals surface area contributed by atoms with Crippen molar-refractivity contribution in [2.45, 2.75) is 32.9 Å². The van der Waals surface area contributed by atoms with E-state index in [0.29, 0.717) is 24.4 Å². The third-order valence-electron chi connectivity index (χ3n) is 4.62. The van der Waals surface area contributed by atoms with Crippen LogP contribution in [0.15, 0.2) is 60.7 Å². The van der Waals surface area contributed by atoms with Crippen molar-refractivity contribution in [3.63, 3.8) is 0 Å². The van der Waals surface area contributed by atoms with Crippen molar-refractivity contribution in [3.05, 3.63) is 83.0 Å². The first kappa shape index (κ1) is 21.3. The summed E-state index contributed by atoms with van der Waals surface area (Å²) in [6, 6.07) is 19.1. The van der Waals surface area contributed by atoms with Crippen LogP contribution in [-0.4, -0.2) is 18.0 Å². The Bertz CT molecular complexity index is 987. The van der Waals surface area contributed by atoms with Crippen LogP contribution in [0, 0.1) is 0 Å². The van der Waals surface area contributed by atoms with E-state index in [1.165, 1.54) is 5.56 Å². The number of anilines is 1. The number of amides is 1. The van der Waals surface area contributed by atoms with Crippen LogP contribution >= 0.6 is 0 Å². The molecule has 0 unspecified atom stereocenters. The number of para-hydroxylation sites is 1. The number of aromatic nitrogens is 1. The van der Waals surface area contributed by atoms with Crippen molar-refractivity contribution in [1.29, 1.82) is 0 Å². The molecule has 0 aliphatic heterocycles. The van der Waals surface area contributed by atoms with Gasteiger partial charge in [-0.25, -0.2) is 4.98 Å². The molecule has 2 aromatic carbocycles. The molecule has 1 aromatic heterocycles. The van der Waals surface area contributed by atoms with Gasteiger partial charge < -0.3 is 20.5 Å². The van der Waals surface area contributed by atoms with Gasteiger partial charge in [0.05, 0.1) is 17.9 Å². The summed E-state index contributed by atoms with van der Waals surface area (Å²) in [5.41, 5.74) is 9.09. The fourth-order valence-corrected chi connectivity index (χ4v) is 3.10. The van der Waals surface area contributed by atoms with Crippen LogP contribution in [0.25, 0.3) is 0 Å². The first-order chi connectivity index (χ1) is 14.6. The predicted molar refractivity (Wildman–Crippen MR) is 117 cm³/mol. The van der Waals surface area contributed by atoms with Gasteiger partial charge in [-0.15, -0.1) is 0 Å². The summed E-state index contributed by atoms with van der Waals surface area (Å²) in [5, 5.41) is 2.87. The molecule has 1 amide bonds. The molecule has 0 saturated heterocycles. The normalized spacial score (nSPS) is 10.6. The Hall–Kier alpha value is -3.38. The molecule has 1 heterocycles. The topological polar surface area (TPSA) is 86.5 Å². The summed E-state index contributed by atoms with van der Waals surface area (Å²) in [5.74, 6) is 1.56. The van der Waals surface area contributed by atoms with E-state index < -0.39 is 0 Å². The van der Waals surface area contributed by atoms with Crippen molar-refractivity contribution in [1.82, 2.24) is 10.3 Å². The maximum atomic E-state index is 12.4. The molecule has 156 valence electrons. The number of nitrogens with two attached hydrogens (primary N) is 1. The number of hydrogen-bond donors (Lipinski definition) is 2. The van der Waals surface area contributed by atoms with Crippen LogP contribution in [0.2, 0.25) is 0 Å². The number of carbonyl (C=O) groups is 1. The molecule has 3 N–H and O–H groups in total. The minimum absolute atomic E-state index is 0.191. The van der Waals surface area contributed by atoms with Gasteiger partial charge >= 0.3 is 0 Å². The molecular formula is C24H27N3O3. The zero-order valence-corrected chi connectivity index (χ0v) is 17.4. The number of benzene rings is 2. The fraction of sp³-hybridized carbons (Fsp3) is 0.250. The minimum atomic E-state index is -0.266. The van der Waals surface area contributed by atoms with E-state index >= 15 is 0 Å². The Morgan fingerprint density at radius 1 is 1.07 bits per heavy atom. The van der Waals surface area contributed by atoms with E-state index in [-0.39, 0.29) is 11.7 Å². The lowest BCUT2D eigenvalue weighted by molar-refractivity contribution is 0.0951. The lowest BCUT2D eigenvalue weighted by Crippen LogP contribution is -2.24. The molecule has 6 heteroatoms. The van der Waals surface area contributed by atoms with Crippen molar-refractivity contribution in [2.75, 3.05) is 12.8 Å². The van der Waals surface area contributed by atoms with Crippen LogP contribution < -0.4 is 15.8 Å². The molecule has 0 spiro atoms. The number of ether oxygens (including phenoxy) is 2. The monoisotopic (exact) mass is 405 g/mol. The molecule has 0 atom stereocenters. The van der Waals surface area contributed by atoms with Gasteiger partial charge in [0.2, 0.25) is 0 Å². The molecule has 0 radical (unpaired) electrons. The van der Waals surface area contributed by atoms with E-state index in [1.54, 1.807) is 19.2 Å². The van der Waals surface area contributed by atoms with E-state index in [0.717, 1.165) is 29.9 Å². The number of carbonyl (C=O) groups excluding carboxylic acids is 1. The second-order valence-corrected chi connectivity index (χ2v) is 6.95. The van der Waals surface area contributed by atoms with Gasteiger partial charge in [0.15, 0.2) is 0 Å². The highest BCUT2D eigenvalue weighted by Gasteiger charge is 2.11. The number of pyridine rings is 1. The molecule has 6 nitrogen and oxygen atoms in total. The molecule has 0 aliphatic carbocycles. The second-order valence-electron chi connectivity index (χ2n) is 6.95. The van der Waals surface area contributed by atoms with Crippen LogP contribution in [0.4, 0.5) is 5.82 Å². The standard InChI is InChI=1S/C24H27N3O3/c1-3-6-18-7-4-5-8-22(18)30-20-12-9-17(10-13-20)15-26-24(28)21-14-11-19(16-29-2)27-23(21)25/h4-5,7-14H,3,6,15-16H2,1-2H3,(H2,25,27)(H,26,28). The Balaban J connectivity index is 1.59. The van der Waals surface area contributed by atoms with Crippen molar-refractivity contribution >= 4 is 11.7 Å². The summed E-state index contributed by atoms with van der Waals surface area (Å²) in [6.07, 6.45) is 2.04. The Labute approximate surface area is 177 Å². The van der Waals surface area contributed by atoms with E-state index in [1.807, 2.05) is 42.5 Å². The molecule has 0 saturated carbocycles. The zero-order chi connectivity index (χ0) is 21.3. The number of methoxy groups -OCH3 is 1. The summed E-state index contributed by atoms with van der Waals surface area (Å²) in [4.78, 5) is 16.6. The predicted octanol–water partition coefficient (Wildman–Crippen LogP) is 4.49. The average Bonchev–Trinajstić information content (AvgIpc) is 2.75. The minimum Gasteiger partial charge on any atom is -0.457 e.